The van der Waals surface area contributed by atoms with E-state index in [0.717, 1.165) is 24.2 Å². The number of hydrogen-bond donors (Lipinski definition) is 3. The summed E-state index contributed by atoms with van der Waals surface area (Å²) in [6.07, 6.45) is 7.05. The van der Waals surface area contributed by atoms with Crippen LogP contribution in [0.2, 0.25) is 0 Å². The molecule has 0 unspecified atom stereocenters. The molecule has 1 aromatic carbocycles. The Labute approximate surface area is 163 Å². The molecule has 1 aliphatic heterocycles. The third-order valence-electron chi connectivity index (χ3n) is 5.04. The zero-order valence-corrected chi connectivity index (χ0v) is 15.5. The van der Waals surface area contributed by atoms with Gasteiger partial charge >= 0.3 is 0 Å². The highest BCUT2D eigenvalue weighted by Crippen LogP contribution is 2.21. The summed E-state index contributed by atoms with van der Waals surface area (Å²) in [6, 6.07) is 11.0. The molecule has 0 saturated carbocycles. The standard InChI is InChI=1S/C21H23N5O2/c27-19-14-26(13-15-4-3-8-22-12-15)11-7-18(19)25-21(28)17-6-2-1-5-16(17)20-23-9-10-24-20/h1-6,8-10,12,18-19,27H,7,11,13-14H2,(H,23,24)(H,25,28)/t18-,19-/m1/s1. The van der Waals surface area contributed by atoms with Crippen LogP contribution in [0.15, 0.2) is 61.2 Å². The lowest BCUT2D eigenvalue weighted by Crippen LogP contribution is -2.53. The van der Waals surface area contributed by atoms with Gasteiger partial charge in [-0.25, -0.2) is 4.98 Å². The molecule has 1 saturated heterocycles. The summed E-state index contributed by atoms with van der Waals surface area (Å²) in [5, 5.41) is 13.6. The average Bonchev–Trinajstić information content (AvgIpc) is 3.25. The molecule has 0 spiro atoms. The molecule has 3 N–H and O–H groups in total. The van der Waals surface area contributed by atoms with Crippen LogP contribution in [-0.2, 0) is 6.54 Å². The highest BCUT2D eigenvalue weighted by atomic mass is 16.3. The number of nitrogens with one attached hydrogen (secondary N) is 2. The molecule has 0 bridgehead atoms. The topological polar surface area (TPSA) is 94.1 Å². The molecule has 7 heteroatoms. The fraction of sp³-hybridized carbons (Fsp3) is 0.286. The number of H-pyrrole nitrogens is 1. The van der Waals surface area contributed by atoms with E-state index in [1.165, 1.54) is 0 Å². The number of hydrogen-bond acceptors (Lipinski definition) is 5. The summed E-state index contributed by atoms with van der Waals surface area (Å²) < 4.78 is 0. The van der Waals surface area contributed by atoms with Gasteiger partial charge in [0.05, 0.1) is 17.7 Å². The monoisotopic (exact) mass is 377 g/mol. The van der Waals surface area contributed by atoms with Crippen molar-refractivity contribution in [3.8, 4) is 11.4 Å². The van der Waals surface area contributed by atoms with Crippen molar-refractivity contribution in [2.45, 2.75) is 25.1 Å². The number of nitrogens with zero attached hydrogens (tertiary/aromatic N) is 3. The molecule has 3 aromatic rings. The quantitative estimate of drug-likeness (QED) is 0.631. The second-order valence-corrected chi connectivity index (χ2v) is 7.02. The van der Waals surface area contributed by atoms with E-state index in [0.29, 0.717) is 24.4 Å². The number of benzene rings is 1. The minimum Gasteiger partial charge on any atom is -0.390 e. The second-order valence-electron chi connectivity index (χ2n) is 7.02. The molecule has 1 aliphatic rings. The molecule has 1 fully saturated rings. The first-order chi connectivity index (χ1) is 13.7. The minimum absolute atomic E-state index is 0.197. The Morgan fingerprint density at radius 2 is 2.14 bits per heavy atom. The van der Waals surface area contributed by atoms with Crippen LogP contribution >= 0.6 is 0 Å². The highest BCUT2D eigenvalue weighted by molar-refractivity contribution is 6.00. The fourth-order valence-electron chi connectivity index (χ4n) is 3.61. The zero-order valence-electron chi connectivity index (χ0n) is 15.5. The van der Waals surface area contributed by atoms with E-state index in [1.807, 2.05) is 36.5 Å². The lowest BCUT2D eigenvalue weighted by atomic mass is 9.99. The van der Waals surface area contributed by atoms with E-state index in [-0.39, 0.29) is 11.9 Å². The molecule has 0 radical (unpaired) electrons. The van der Waals surface area contributed by atoms with E-state index in [4.69, 9.17) is 0 Å². The molecule has 7 nitrogen and oxygen atoms in total. The summed E-state index contributed by atoms with van der Waals surface area (Å²) in [5.74, 6) is 0.453. The number of amides is 1. The van der Waals surface area contributed by atoms with Crippen molar-refractivity contribution in [2.75, 3.05) is 13.1 Å². The van der Waals surface area contributed by atoms with Crippen LogP contribution in [0.5, 0.6) is 0 Å². The number of carbonyl (C=O) groups is 1. The first-order valence-electron chi connectivity index (χ1n) is 9.39. The number of aromatic amines is 1. The number of piperidine rings is 1. The zero-order chi connectivity index (χ0) is 19.3. The number of rotatable bonds is 5. The van der Waals surface area contributed by atoms with Gasteiger partial charge in [0.25, 0.3) is 5.91 Å². The first kappa shape index (κ1) is 18.3. The maximum atomic E-state index is 12.9. The Morgan fingerprint density at radius 1 is 1.25 bits per heavy atom. The third kappa shape index (κ3) is 4.11. The van der Waals surface area contributed by atoms with Crippen LogP contribution in [0.4, 0.5) is 0 Å². The molecule has 2 atom stereocenters. The minimum atomic E-state index is -0.620. The van der Waals surface area contributed by atoms with Crippen molar-refractivity contribution in [1.82, 2.24) is 25.2 Å². The number of pyridine rings is 1. The lowest BCUT2D eigenvalue weighted by molar-refractivity contribution is 0.0349. The van der Waals surface area contributed by atoms with E-state index in [2.05, 4.69) is 25.2 Å². The predicted octanol–water partition coefficient (Wildman–Crippen LogP) is 1.84. The van der Waals surface area contributed by atoms with Gasteiger partial charge in [0, 0.05) is 50.0 Å². The lowest BCUT2D eigenvalue weighted by Gasteiger charge is -2.36. The number of aliphatic hydroxyl groups is 1. The number of β-amino-alcohol motifs (C(OH)–C–C–N with tert-alkyl or cyclic N) is 1. The normalized spacial score (nSPS) is 20.0. The number of imidazole rings is 1. The van der Waals surface area contributed by atoms with E-state index in [9.17, 15) is 9.90 Å². The van der Waals surface area contributed by atoms with Crippen LogP contribution in [0, 0.1) is 0 Å². The van der Waals surface area contributed by atoms with Crippen molar-refractivity contribution in [3.63, 3.8) is 0 Å². The molecule has 28 heavy (non-hydrogen) atoms. The van der Waals surface area contributed by atoms with Crippen molar-refractivity contribution < 1.29 is 9.90 Å². The number of likely N-dealkylation sites (tertiary alicyclic amines) is 1. The van der Waals surface area contributed by atoms with Gasteiger partial charge in [-0.3, -0.25) is 14.7 Å². The smallest absolute Gasteiger partial charge is 0.252 e. The van der Waals surface area contributed by atoms with Crippen molar-refractivity contribution >= 4 is 5.91 Å². The average molecular weight is 377 g/mol. The maximum Gasteiger partial charge on any atom is 0.252 e. The van der Waals surface area contributed by atoms with Gasteiger partial charge in [0.1, 0.15) is 5.82 Å². The molecular formula is C21H23N5O2. The number of aromatic nitrogens is 3. The van der Waals surface area contributed by atoms with Gasteiger partial charge in [-0.2, -0.15) is 0 Å². The van der Waals surface area contributed by atoms with Crippen LogP contribution < -0.4 is 5.32 Å². The van der Waals surface area contributed by atoms with Crippen LogP contribution in [-0.4, -0.2) is 56.1 Å². The Hall–Kier alpha value is -3.03. The summed E-state index contributed by atoms with van der Waals surface area (Å²) in [6.45, 7) is 2.06. The van der Waals surface area contributed by atoms with Gasteiger partial charge < -0.3 is 15.4 Å². The highest BCUT2D eigenvalue weighted by Gasteiger charge is 2.29. The predicted molar refractivity (Wildman–Crippen MR) is 105 cm³/mol. The molecule has 1 amide bonds. The van der Waals surface area contributed by atoms with Gasteiger partial charge in [-0.1, -0.05) is 24.3 Å². The van der Waals surface area contributed by atoms with Gasteiger partial charge in [0.2, 0.25) is 0 Å². The van der Waals surface area contributed by atoms with Crippen molar-refractivity contribution in [1.29, 1.82) is 0 Å². The van der Waals surface area contributed by atoms with Crippen LogP contribution in [0.3, 0.4) is 0 Å². The second kappa shape index (κ2) is 8.33. The first-order valence-corrected chi connectivity index (χ1v) is 9.39. The van der Waals surface area contributed by atoms with Crippen molar-refractivity contribution in [2.24, 2.45) is 0 Å². The molecule has 144 valence electrons. The van der Waals surface area contributed by atoms with Gasteiger partial charge in [0.15, 0.2) is 0 Å². The molecular weight excluding hydrogens is 354 g/mol. The van der Waals surface area contributed by atoms with E-state index in [1.54, 1.807) is 24.7 Å². The maximum absolute atomic E-state index is 12.9. The fourth-order valence-corrected chi connectivity index (χ4v) is 3.61. The Bertz CT molecular complexity index is 914. The van der Waals surface area contributed by atoms with Crippen molar-refractivity contribution in [3.05, 3.63) is 72.3 Å². The molecule has 3 heterocycles. The summed E-state index contributed by atoms with van der Waals surface area (Å²) in [4.78, 5) is 26.5. The van der Waals surface area contributed by atoms with Crippen LogP contribution in [0.25, 0.3) is 11.4 Å². The SMILES string of the molecule is O=C(N[C@@H]1CCN(Cc2cccnc2)C[C@H]1O)c1ccccc1-c1ncc[nH]1. The third-order valence-corrected chi connectivity index (χ3v) is 5.04. The molecule has 4 rings (SSSR count). The summed E-state index contributed by atoms with van der Waals surface area (Å²) in [7, 11) is 0. The van der Waals surface area contributed by atoms with Gasteiger partial charge in [-0.05, 0) is 24.1 Å². The largest absolute Gasteiger partial charge is 0.390 e. The summed E-state index contributed by atoms with van der Waals surface area (Å²) in [5.41, 5.74) is 2.40. The Morgan fingerprint density at radius 3 is 2.89 bits per heavy atom. The molecule has 2 aromatic heterocycles. The molecule has 0 aliphatic carbocycles. The Balaban J connectivity index is 1.40. The number of aliphatic hydroxyl groups excluding tert-OH is 1. The summed E-state index contributed by atoms with van der Waals surface area (Å²) >= 11 is 0. The van der Waals surface area contributed by atoms with Gasteiger partial charge in [-0.15, -0.1) is 0 Å². The van der Waals surface area contributed by atoms with Crippen LogP contribution in [0.1, 0.15) is 22.3 Å². The number of carbonyl (C=O) groups excluding carboxylic acids is 1. The Kier molecular flexibility index (Phi) is 5.45. The van der Waals surface area contributed by atoms with E-state index >= 15 is 0 Å². The van der Waals surface area contributed by atoms with E-state index < -0.39 is 6.10 Å².